The van der Waals surface area contributed by atoms with Crippen molar-refractivity contribution in [2.45, 2.75) is 12.7 Å². The minimum Gasteiger partial charge on any atom is -0.487 e. The monoisotopic (exact) mass is 415 g/mol. The highest BCUT2D eigenvalue weighted by Gasteiger charge is 2.21. The fourth-order valence-electron chi connectivity index (χ4n) is 3.41. The third kappa shape index (κ3) is 4.30. The van der Waals surface area contributed by atoms with Crippen LogP contribution in [0.1, 0.15) is 16.1 Å². The summed E-state index contributed by atoms with van der Waals surface area (Å²) in [4.78, 5) is 17.1. The number of amides is 1. The summed E-state index contributed by atoms with van der Waals surface area (Å²) in [5.74, 6) is 1.83. The SMILES string of the molecule is O=C(NCC1COc2ccccc2O1)c1cccc(OCc2cn3ccccc3n2)c1. The third-order valence-corrected chi connectivity index (χ3v) is 4.95. The van der Waals surface area contributed by atoms with Crippen LogP contribution in [0.5, 0.6) is 17.2 Å². The van der Waals surface area contributed by atoms with Crippen molar-refractivity contribution in [1.82, 2.24) is 14.7 Å². The number of fused-ring (bicyclic) bond motifs is 2. The summed E-state index contributed by atoms with van der Waals surface area (Å²) < 4.78 is 19.4. The molecule has 2 aromatic heterocycles. The van der Waals surface area contributed by atoms with Crippen LogP contribution in [0.25, 0.3) is 5.65 Å². The summed E-state index contributed by atoms with van der Waals surface area (Å²) in [6.45, 7) is 1.05. The predicted octanol–water partition coefficient (Wildman–Crippen LogP) is 3.48. The Balaban J connectivity index is 1.17. The number of hydrogen-bond acceptors (Lipinski definition) is 5. The number of rotatable bonds is 6. The maximum absolute atomic E-state index is 12.6. The number of para-hydroxylation sites is 2. The van der Waals surface area contributed by atoms with E-state index in [2.05, 4.69) is 10.3 Å². The Morgan fingerprint density at radius 3 is 2.87 bits per heavy atom. The van der Waals surface area contributed by atoms with Crippen molar-refractivity contribution in [3.05, 3.63) is 90.4 Å². The van der Waals surface area contributed by atoms with Crippen LogP contribution in [0.3, 0.4) is 0 Å². The van der Waals surface area contributed by atoms with Gasteiger partial charge in [-0.1, -0.05) is 24.3 Å². The van der Waals surface area contributed by atoms with E-state index >= 15 is 0 Å². The van der Waals surface area contributed by atoms with E-state index in [1.165, 1.54) is 0 Å². The molecule has 0 radical (unpaired) electrons. The van der Waals surface area contributed by atoms with Gasteiger partial charge < -0.3 is 23.9 Å². The minimum atomic E-state index is -0.242. The van der Waals surface area contributed by atoms with Crippen LogP contribution in [-0.4, -0.2) is 34.5 Å². The van der Waals surface area contributed by atoms with E-state index in [0.29, 0.717) is 36.8 Å². The molecule has 31 heavy (non-hydrogen) atoms. The van der Waals surface area contributed by atoms with E-state index in [-0.39, 0.29) is 12.0 Å². The van der Waals surface area contributed by atoms with Crippen molar-refractivity contribution < 1.29 is 19.0 Å². The van der Waals surface area contributed by atoms with Crippen LogP contribution < -0.4 is 19.5 Å². The zero-order chi connectivity index (χ0) is 21.0. The molecule has 0 bridgehead atoms. The van der Waals surface area contributed by atoms with E-state index in [1.807, 2.05) is 65.3 Å². The third-order valence-electron chi connectivity index (χ3n) is 4.95. The second-order valence-corrected chi connectivity index (χ2v) is 7.22. The van der Waals surface area contributed by atoms with Gasteiger partial charge in [-0.2, -0.15) is 0 Å². The van der Waals surface area contributed by atoms with E-state index in [0.717, 1.165) is 17.1 Å². The van der Waals surface area contributed by atoms with Crippen molar-refractivity contribution in [1.29, 1.82) is 0 Å². The van der Waals surface area contributed by atoms with Gasteiger partial charge in [0.15, 0.2) is 11.5 Å². The maximum Gasteiger partial charge on any atom is 0.251 e. The van der Waals surface area contributed by atoms with Crippen molar-refractivity contribution >= 4 is 11.6 Å². The van der Waals surface area contributed by atoms with E-state index in [1.54, 1.807) is 18.2 Å². The Bertz CT molecular complexity index is 1190. The van der Waals surface area contributed by atoms with Gasteiger partial charge in [-0.25, -0.2) is 4.98 Å². The van der Waals surface area contributed by atoms with Gasteiger partial charge in [0.05, 0.1) is 12.2 Å². The lowest BCUT2D eigenvalue weighted by molar-refractivity contribution is 0.0789. The fraction of sp³-hybridized carbons (Fsp3) is 0.167. The summed E-state index contributed by atoms with van der Waals surface area (Å²) in [6, 6.07) is 20.4. The summed E-state index contributed by atoms with van der Waals surface area (Å²) in [5, 5.41) is 2.90. The Kier molecular flexibility index (Phi) is 5.14. The van der Waals surface area contributed by atoms with Crippen molar-refractivity contribution in [3.63, 3.8) is 0 Å². The Morgan fingerprint density at radius 2 is 1.97 bits per heavy atom. The first-order chi connectivity index (χ1) is 15.2. The smallest absolute Gasteiger partial charge is 0.251 e. The van der Waals surface area contributed by atoms with E-state index in [9.17, 15) is 4.79 Å². The second kappa shape index (κ2) is 8.39. The Hall–Kier alpha value is -4.00. The van der Waals surface area contributed by atoms with Crippen LogP contribution in [0.4, 0.5) is 0 Å². The molecule has 2 aromatic carbocycles. The largest absolute Gasteiger partial charge is 0.487 e. The number of aromatic nitrogens is 2. The number of imidazole rings is 1. The molecular formula is C24H21N3O4. The van der Waals surface area contributed by atoms with Gasteiger partial charge in [0.2, 0.25) is 0 Å². The molecule has 0 aliphatic carbocycles. The summed E-state index contributed by atoms with van der Waals surface area (Å²) in [7, 11) is 0. The highest BCUT2D eigenvalue weighted by Crippen LogP contribution is 2.30. The van der Waals surface area contributed by atoms with Gasteiger partial charge in [-0.15, -0.1) is 0 Å². The highest BCUT2D eigenvalue weighted by molar-refractivity contribution is 5.94. The summed E-state index contributed by atoms with van der Waals surface area (Å²) in [5.41, 5.74) is 2.20. The molecule has 4 aromatic rings. The number of nitrogens with zero attached hydrogens (tertiary/aromatic N) is 2. The first-order valence-electron chi connectivity index (χ1n) is 10.1. The van der Waals surface area contributed by atoms with Gasteiger partial charge in [-0.3, -0.25) is 4.79 Å². The number of pyridine rings is 1. The Morgan fingerprint density at radius 1 is 1.10 bits per heavy atom. The standard InChI is InChI=1S/C24H21N3O4/c28-24(25-13-20-16-30-21-8-1-2-9-22(21)31-20)17-6-5-7-19(12-17)29-15-18-14-27-11-4-3-10-23(27)26-18/h1-12,14,20H,13,15-16H2,(H,25,28). The lowest BCUT2D eigenvalue weighted by Crippen LogP contribution is -2.40. The van der Waals surface area contributed by atoms with Gasteiger partial charge in [0, 0.05) is 18.0 Å². The van der Waals surface area contributed by atoms with Gasteiger partial charge in [0.1, 0.15) is 30.7 Å². The Labute approximate surface area is 179 Å². The summed E-state index contributed by atoms with van der Waals surface area (Å²) in [6.07, 6.45) is 3.63. The summed E-state index contributed by atoms with van der Waals surface area (Å²) >= 11 is 0. The first-order valence-corrected chi connectivity index (χ1v) is 10.1. The molecule has 0 fully saturated rings. The molecular weight excluding hydrogens is 394 g/mol. The number of carbonyl (C=O) groups excluding carboxylic acids is 1. The maximum atomic E-state index is 12.6. The van der Waals surface area contributed by atoms with Crippen LogP contribution in [0, 0.1) is 0 Å². The normalized spacial score (nSPS) is 14.9. The quantitative estimate of drug-likeness (QED) is 0.522. The predicted molar refractivity (Wildman–Crippen MR) is 115 cm³/mol. The first kappa shape index (κ1) is 19.0. The number of carbonyl (C=O) groups is 1. The van der Waals surface area contributed by atoms with Crippen LogP contribution >= 0.6 is 0 Å². The molecule has 0 spiro atoms. The van der Waals surface area contributed by atoms with E-state index in [4.69, 9.17) is 14.2 Å². The second-order valence-electron chi connectivity index (χ2n) is 7.22. The molecule has 1 atom stereocenters. The molecule has 1 N–H and O–H groups in total. The highest BCUT2D eigenvalue weighted by atomic mass is 16.6. The zero-order valence-corrected chi connectivity index (χ0v) is 16.7. The molecule has 1 amide bonds. The molecule has 7 nitrogen and oxygen atoms in total. The van der Waals surface area contributed by atoms with Gasteiger partial charge in [-0.05, 0) is 42.5 Å². The molecule has 1 unspecified atom stereocenters. The van der Waals surface area contributed by atoms with Crippen molar-refractivity contribution in [2.75, 3.05) is 13.2 Å². The lowest BCUT2D eigenvalue weighted by atomic mass is 10.2. The van der Waals surface area contributed by atoms with Crippen LogP contribution in [-0.2, 0) is 6.61 Å². The molecule has 156 valence electrons. The molecule has 0 saturated carbocycles. The zero-order valence-electron chi connectivity index (χ0n) is 16.7. The lowest BCUT2D eigenvalue weighted by Gasteiger charge is -2.26. The average molecular weight is 415 g/mol. The molecule has 5 rings (SSSR count). The van der Waals surface area contributed by atoms with Gasteiger partial charge in [0.25, 0.3) is 5.91 Å². The van der Waals surface area contributed by atoms with E-state index < -0.39 is 0 Å². The van der Waals surface area contributed by atoms with Crippen molar-refractivity contribution in [2.24, 2.45) is 0 Å². The van der Waals surface area contributed by atoms with Gasteiger partial charge >= 0.3 is 0 Å². The minimum absolute atomic E-state index is 0.194. The number of ether oxygens (including phenoxy) is 3. The molecule has 3 heterocycles. The molecule has 1 aliphatic rings. The topological polar surface area (TPSA) is 74.1 Å². The molecule has 0 saturated heterocycles. The number of nitrogens with one attached hydrogen (secondary N) is 1. The molecule has 7 heteroatoms. The number of benzene rings is 2. The average Bonchev–Trinajstić information content (AvgIpc) is 3.24. The molecule has 1 aliphatic heterocycles. The van der Waals surface area contributed by atoms with Crippen LogP contribution in [0.2, 0.25) is 0 Å². The van der Waals surface area contributed by atoms with Crippen molar-refractivity contribution in [3.8, 4) is 17.2 Å². The number of hydrogen-bond donors (Lipinski definition) is 1. The fourth-order valence-corrected chi connectivity index (χ4v) is 3.41. The van der Waals surface area contributed by atoms with Crippen LogP contribution in [0.15, 0.2) is 79.1 Å².